The molecule has 1 aliphatic rings. The highest BCUT2D eigenvalue weighted by Crippen LogP contribution is 2.31. The molecule has 2 heteroatoms. The molecule has 0 amide bonds. The number of aromatic nitrogens is 2. The van der Waals surface area contributed by atoms with Gasteiger partial charge in [-0.1, -0.05) is 50.3 Å². The van der Waals surface area contributed by atoms with Gasteiger partial charge in [-0.25, -0.2) is 0 Å². The molecular formula is C16H20N2. The molecule has 18 heavy (non-hydrogen) atoms. The third-order valence-electron chi connectivity index (χ3n) is 3.15. The van der Waals surface area contributed by atoms with Crippen LogP contribution in [0.3, 0.4) is 0 Å². The lowest BCUT2D eigenvalue weighted by molar-refractivity contribution is 0.972. The van der Waals surface area contributed by atoms with Crippen LogP contribution >= 0.6 is 0 Å². The van der Waals surface area contributed by atoms with Crippen molar-refractivity contribution < 1.29 is 0 Å². The van der Waals surface area contributed by atoms with E-state index in [-0.39, 0.29) is 0 Å². The molecule has 0 saturated carbocycles. The van der Waals surface area contributed by atoms with Crippen LogP contribution in [0.2, 0.25) is 0 Å². The van der Waals surface area contributed by atoms with Crippen molar-refractivity contribution in [3.8, 4) is 11.3 Å². The number of H-pyrrole nitrogens is 1. The van der Waals surface area contributed by atoms with Gasteiger partial charge in [0, 0.05) is 11.1 Å². The van der Waals surface area contributed by atoms with Gasteiger partial charge in [0.15, 0.2) is 0 Å². The van der Waals surface area contributed by atoms with Gasteiger partial charge in [-0.15, -0.1) is 0 Å². The largest absolute Gasteiger partial charge is 0.277 e. The average Bonchev–Trinajstić information content (AvgIpc) is 2.87. The molecule has 1 aliphatic carbocycles. The van der Waals surface area contributed by atoms with Gasteiger partial charge in [0.25, 0.3) is 0 Å². The smallest absolute Gasteiger partial charge is 0.0959 e. The standard InChI is InChI=1S/C14H14N2.C2H6/c1-10-6-5-9-12-13(10)15-16-14(12)11-7-3-2-4-8-11;1-2/h2-4,6-8H,5,9H2,1H3,(H,15,16);1-2H3. The fourth-order valence-electron chi connectivity index (χ4n) is 2.30. The molecule has 0 aliphatic heterocycles. The van der Waals surface area contributed by atoms with Crippen molar-refractivity contribution in [1.82, 2.24) is 10.2 Å². The van der Waals surface area contributed by atoms with Crippen LogP contribution in [0.4, 0.5) is 0 Å². The van der Waals surface area contributed by atoms with Crippen molar-refractivity contribution in [2.75, 3.05) is 0 Å². The first kappa shape index (κ1) is 12.6. The van der Waals surface area contributed by atoms with Crippen LogP contribution in [0.25, 0.3) is 16.8 Å². The van der Waals surface area contributed by atoms with Crippen LogP contribution in [0.1, 0.15) is 38.4 Å². The number of rotatable bonds is 1. The Balaban J connectivity index is 0.000000574. The average molecular weight is 240 g/mol. The maximum Gasteiger partial charge on any atom is 0.0959 e. The van der Waals surface area contributed by atoms with Crippen LogP contribution in [-0.4, -0.2) is 10.2 Å². The molecule has 0 unspecified atom stereocenters. The molecule has 94 valence electrons. The number of allylic oxidation sites excluding steroid dienone is 2. The molecular weight excluding hydrogens is 220 g/mol. The predicted octanol–water partition coefficient (Wildman–Crippen LogP) is 4.45. The molecule has 2 aromatic rings. The Labute approximate surface area is 109 Å². The van der Waals surface area contributed by atoms with E-state index in [0.29, 0.717) is 0 Å². The lowest BCUT2D eigenvalue weighted by Gasteiger charge is -2.10. The van der Waals surface area contributed by atoms with E-state index in [9.17, 15) is 0 Å². The SMILES string of the molecule is CC.CC1=CCCc2c(-c3ccccc3)n[nH]c21. The van der Waals surface area contributed by atoms with E-state index in [1.807, 2.05) is 19.9 Å². The second-order valence-corrected chi connectivity index (χ2v) is 4.22. The number of nitrogens with one attached hydrogen (secondary N) is 1. The topological polar surface area (TPSA) is 28.7 Å². The summed E-state index contributed by atoms with van der Waals surface area (Å²) in [5, 5.41) is 7.61. The molecule has 0 saturated heterocycles. The van der Waals surface area contributed by atoms with Crippen LogP contribution in [0.15, 0.2) is 36.4 Å². The van der Waals surface area contributed by atoms with E-state index in [2.05, 4.69) is 47.5 Å². The van der Waals surface area contributed by atoms with Gasteiger partial charge in [-0.2, -0.15) is 5.10 Å². The van der Waals surface area contributed by atoms with E-state index in [1.165, 1.54) is 22.4 Å². The van der Waals surface area contributed by atoms with Gasteiger partial charge < -0.3 is 0 Å². The highest BCUT2D eigenvalue weighted by Gasteiger charge is 2.17. The number of benzene rings is 1. The quantitative estimate of drug-likeness (QED) is 0.783. The van der Waals surface area contributed by atoms with Crippen molar-refractivity contribution in [3.05, 3.63) is 47.7 Å². The van der Waals surface area contributed by atoms with Crippen molar-refractivity contribution in [1.29, 1.82) is 0 Å². The molecule has 0 bridgehead atoms. The molecule has 1 aromatic heterocycles. The summed E-state index contributed by atoms with van der Waals surface area (Å²) in [4.78, 5) is 0. The second-order valence-electron chi connectivity index (χ2n) is 4.22. The maximum absolute atomic E-state index is 4.45. The summed E-state index contributed by atoms with van der Waals surface area (Å²) in [6, 6.07) is 10.4. The highest BCUT2D eigenvalue weighted by atomic mass is 15.1. The Bertz CT molecular complexity index is 535. The molecule has 1 N–H and O–H groups in total. The lowest BCUT2D eigenvalue weighted by atomic mass is 9.94. The fourth-order valence-corrected chi connectivity index (χ4v) is 2.30. The Morgan fingerprint density at radius 3 is 2.56 bits per heavy atom. The van der Waals surface area contributed by atoms with Gasteiger partial charge in [0.1, 0.15) is 0 Å². The van der Waals surface area contributed by atoms with Crippen LogP contribution in [0.5, 0.6) is 0 Å². The monoisotopic (exact) mass is 240 g/mol. The van der Waals surface area contributed by atoms with Gasteiger partial charge in [-0.3, -0.25) is 5.10 Å². The van der Waals surface area contributed by atoms with E-state index < -0.39 is 0 Å². The summed E-state index contributed by atoms with van der Waals surface area (Å²) in [5.41, 5.74) is 6.21. The first-order valence-electron chi connectivity index (χ1n) is 6.66. The summed E-state index contributed by atoms with van der Waals surface area (Å²) in [5.74, 6) is 0. The number of hydrogen-bond acceptors (Lipinski definition) is 1. The molecule has 0 spiro atoms. The summed E-state index contributed by atoms with van der Waals surface area (Å²) < 4.78 is 0. The fraction of sp³-hybridized carbons (Fsp3) is 0.312. The minimum Gasteiger partial charge on any atom is -0.277 e. The van der Waals surface area contributed by atoms with Crippen LogP contribution in [0, 0.1) is 0 Å². The zero-order valence-electron chi connectivity index (χ0n) is 11.3. The third kappa shape index (κ3) is 2.23. The Hall–Kier alpha value is -1.83. The zero-order chi connectivity index (χ0) is 13.0. The predicted molar refractivity (Wildman–Crippen MR) is 77.3 cm³/mol. The van der Waals surface area contributed by atoms with Gasteiger partial charge >= 0.3 is 0 Å². The summed E-state index contributed by atoms with van der Waals surface area (Å²) >= 11 is 0. The molecule has 0 atom stereocenters. The van der Waals surface area contributed by atoms with Crippen molar-refractivity contribution >= 4 is 5.57 Å². The summed E-state index contributed by atoms with van der Waals surface area (Å²) in [6.45, 7) is 6.14. The Morgan fingerprint density at radius 2 is 1.83 bits per heavy atom. The molecule has 0 fully saturated rings. The van der Waals surface area contributed by atoms with E-state index in [1.54, 1.807) is 0 Å². The zero-order valence-corrected chi connectivity index (χ0v) is 11.3. The van der Waals surface area contributed by atoms with E-state index in [4.69, 9.17) is 0 Å². The van der Waals surface area contributed by atoms with Crippen LogP contribution < -0.4 is 0 Å². The van der Waals surface area contributed by atoms with E-state index in [0.717, 1.165) is 18.5 Å². The Morgan fingerprint density at radius 1 is 1.11 bits per heavy atom. The summed E-state index contributed by atoms with van der Waals surface area (Å²) in [7, 11) is 0. The maximum atomic E-state index is 4.45. The number of aromatic amines is 1. The molecule has 2 nitrogen and oxygen atoms in total. The normalized spacial score (nSPS) is 13.2. The molecule has 1 aromatic carbocycles. The van der Waals surface area contributed by atoms with E-state index >= 15 is 0 Å². The second kappa shape index (κ2) is 5.67. The van der Waals surface area contributed by atoms with Gasteiger partial charge in [0.05, 0.1) is 11.4 Å². The van der Waals surface area contributed by atoms with Gasteiger partial charge in [0.2, 0.25) is 0 Å². The Kier molecular flexibility index (Phi) is 3.98. The highest BCUT2D eigenvalue weighted by molar-refractivity contribution is 5.74. The van der Waals surface area contributed by atoms with Crippen molar-refractivity contribution in [2.24, 2.45) is 0 Å². The van der Waals surface area contributed by atoms with Crippen molar-refractivity contribution in [2.45, 2.75) is 33.6 Å². The molecule has 1 heterocycles. The molecule has 0 radical (unpaired) electrons. The summed E-state index contributed by atoms with van der Waals surface area (Å²) in [6.07, 6.45) is 4.49. The lowest BCUT2D eigenvalue weighted by Crippen LogP contribution is -1.96. The minimum atomic E-state index is 1.09. The van der Waals surface area contributed by atoms with Crippen molar-refractivity contribution in [3.63, 3.8) is 0 Å². The first-order valence-corrected chi connectivity index (χ1v) is 6.66. The number of fused-ring (bicyclic) bond motifs is 1. The number of nitrogens with zero attached hydrogens (tertiary/aromatic N) is 1. The van der Waals surface area contributed by atoms with Gasteiger partial charge in [-0.05, 0) is 25.3 Å². The third-order valence-corrected chi connectivity index (χ3v) is 3.15. The molecule has 3 rings (SSSR count). The minimum absolute atomic E-state index is 1.09. The van der Waals surface area contributed by atoms with Crippen LogP contribution in [-0.2, 0) is 6.42 Å². The first-order chi connectivity index (χ1) is 8.86. The number of hydrogen-bond donors (Lipinski definition) is 1.